The molecule has 4 nitrogen and oxygen atoms in total. The lowest BCUT2D eigenvalue weighted by molar-refractivity contribution is 0.283. The molecule has 1 atom stereocenters. The zero-order valence-electron chi connectivity index (χ0n) is 13.1. The molecule has 0 spiro atoms. The van der Waals surface area contributed by atoms with E-state index in [2.05, 4.69) is 42.3 Å². The third-order valence-corrected chi connectivity index (χ3v) is 3.71. The van der Waals surface area contributed by atoms with Gasteiger partial charge in [0, 0.05) is 6.04 Å². The van der Waals surface area contributed by atoms with Gasteiger partial charge in [-0.25, -0.2) is 0 Å². The highest BCUT2D eigenvalue weighted by Crippen LogP contribution is 2.24. The lowest BCUT2D eigenvalue weighted by atomic mass is 9.97. The second-order valence-electron chi connectivity index (χ2n) is 6.43. The Bertz CT molecular complexity index is 293. The molecule has 1 rings (SSSR count). The summed E-state index contributed by atoms with van der Waals surface area (Å²) >= 11 is 0. The molecule has 0 bridgehead atoms. The molecule has 110 valence electrons. The second-order valence-corrected chi connectivity index (χ2v) is 6.43. The second kappa shape index (κ2) is 7.84. The van der Waals surface area contributed by atoms with Crippen LogP contribution in [0.5, 0.6) is 0 Å². The molecule has 1 unspecified atom stereocenters. The smallest absolute Gasteiger partial charge is 0.104 e. The molecule has 1 fully saturated rings. The fourth-order valence-corrected chi connectivity index (χ4v) is 2.31. The third kappa shape index (κ3) is 7.51. The van der Waals surface area contributed by atoms with Gasteiger partial charge in [-0.15, -0.1) is 0 Å². The van der Waals surface area contributed by atoms with Crippen molar-refractivity contribution in [2.24, 2.45) is 0 Å². The Morgan fingerprint density at radius 3 is 2.32 bits per heavy atom. The maximum absolute atomic E-state index is 9.30. The Balaban J connectivity index is 2.11. The van der Waals surface area contributed by atoms with E-state index in [-0.39, 0.29) is 5.54 Å². The number of hydrogen-bond acceptors (Lipinski definition) is 4. The summed E-state index contributed by atoms with van der Waals surface area (Å²) in [4.78, 5) is 4.60. The SMILES string of the molecule is CN(C)CCCN(C)CCCC(C)(C#N)NC1CC1. The van der Waals surface area contributed by atoms with E-state index in [9.17, 15) is 5.26 Å². The minimum atomic E-state index is -0.328. The Kier molecular flexibility index (Phi) is 6.78. The minimum Gasteiger partial charge on any atom is -0.309 e. The Morgan fingerprint density at radius 2 is 1.79 bits per heavy atom. The molecular weight excluding hydrogens is 236 g/mol. The first-order chi connectivity index (χ1) is 8.95. The third-order valence-electron chi connectivity index (χ3n) is 3.71. The van der Waals surface area contributed by atoms with E-state index in [0.717, 1.165) is 32.5 Å². The van der Waals surface area contributed by atoms with Crippen molar-refractivity contribution in [2.45, 2.75) is 50.6 Å². The molecule has 1 N–H and O–H groups in total. The maximum Gasteiger partial charge on any atom is 0.104 e. The van der Waals surface area contributed by atoms with Crippen molar-refractivity contribution < 1.29 is 0 Å². The molecule has 0 radical (unpaired) electrons. The summed E-state index contributed by atoms with van der Waals surface area (Å²) in [5.41, 5.74) is -0.328. The highest BCUT2D eigenvalue weighted by atomic mass is 15.1. The Labute approximate surface area is 118 Å². The van der Waals surface area contributed by atoms with Crippen molar-refractivity contribution in [1.29, 1.82) is 5.26 Å². The van der Waals surface area contributed by atoms with Gasteiger partial charge in [0.15, 0.2) is 0 Å². The van der Waals surface area contributed by atoms with Crippen LogP contribution in [0.4, 0.5) is 0 Å². The molecule has 0 heterocycles. The summed E-state index contributed by atoms with van der Waals surface area (Å²) in [6.07, 6.45) is 5.71. The van der Waals surface area contributed by atoms with E-state index in [1.165, 1.54) is 19.3 Å². The molecule has 0 aromatic heterocycles. The number of nitrogens with zero attached hydrogens (tertiary/aromatic N) is 3. The quantitative estimate of drug-likeness (QED) is 0.653. The molecule has 1 aliphatic carbocycles. The Morgan fingerprint density at radius 1 is 1.16 bits per heavy atom. The largest absolute Gasteiger partial charge is 0.309 e. The fourth-order valence-electron chi connectivity index (χ4n) is 2.31. The molecule has 19 heavy (non-hydrogen) atoms. The summed E-state index contributed by atoms with van der Waals surface area (Å²) < 4.78 is 0. The van der Waals surface area contributed by atoms with Crippen LogP contribution >= 0.6 is 0 Å². The van der Waals surface area contributed by atoms with Gasteiger partial charge in [-0.3, -0.25) is 5.32 Å². The summed E-state index contributed by atoms with van der Waals surface area (Å²) in [5.74, 6) is 0. The summed E-state index contributed by atoms with van der Waals surface area (Å²) in [5, 5.41) is 12.8. The zero-order valence-corrected chi connectivity index (χ0v) is 13.1. The van der Waals surface area contributed by atoms with E-state index < -0.39 is 0 Å². The van der Waals surface area contributed by atoms with Gasteiger partial charge in [0.25, 0.3) is 0 Å². The molecule has 0 aromatic carbocycles. The summed E-state index contributed by atoms with van der Waals surface area (Å²) in [7, 11) is 6.40. The van der Waals surface area contributed by atoms with Gasteiger partial charge >= 0.3 is 0 Å². The molecule has 1 aliphatic rings. The lowest BCUT2D eigenvalue weighted by Gasteiger charge is -2.25. The lowest BCUT2D eigenvalue weighted by Crippen LogP contribution is -2.42. The van der Waals surface area contributed by atoms with E-state index >= 15 is 0 Å². The van der Waals surface area contributed by atoms with Gasteiger partial charge in [-0.2, -0.15) is 5.26 Å². The monoisotopic (exact) mass is 266 g/mol. The van der Waals surface area contributed by atoms with Crippen LogP contribution in [0.25, 0.3) is 0 Å². The zero-order chi connectivity index (χ0) is 14.3. The average Bonchev–Trinajstić information content (AvgIpc) is 3.12. The van der Waals surface area contributed by atoms with Crippen molar-refractivity contribution >= 4 is 0 Å². The normalized spacial score (nSPS) is 18.6. The van der Waals surface area contributed by atoms with Gasteiger partial charge in [0.1, 0.15) is 5.54 Å². The number of hydrogen-bond donors (Lipinski definition) is 1. The molecular formula is C15H30N4. The first kappa shape index (κ1) is 16.4. The molecule has 0 aromatic rings. The number of nitriles is 1. The van der Waals surface area contributed by atoms with Crippen molar-refractivity contribution in [2.75, 3.05) is 40.8 Å². The van der Waals surface area contributed by atoms with Crippen molar-refractivity contribution in [3.05, 3.63) is 0 Å². The van der Waals surface area contributed by atoms with Gasteiger partial charge in [0.2, 0.25) is 0 Å². The van der Waals surface area contributed by atoms with Gasteiger partial charge < -0.3 is 9.80 Å². The van der Waals surface area contributed by atoms with Gasteiger partial charge in [0.05, 0.1) is 6.07 Å². The maximum atomic E-state index is 9.30. The molecule has 0 saturated heterocycles. The van der Waals surface area contributed by atoms with Crippen LogP contribution in [-0.2, 0) is 0 Å². The molecule has 4 heteroatoms. The van der Waals surface area contributed by atoms with E-state index in [4.69, 9.17) is 0 Å². The van der Waals surface area contributed by atoms with Crippen molar-refractivity contribution in [3.63, 3.8) is 0 Å². The fraction of sp³-hybridized carbons (Fsp3) is 0.933. The molecule has 1 saturated carbocycles. The van der Waals surface area contributed by atoms with E-state index in [0.29, 0.717) is 6.04 Å². The number of rotatable bonds is 10. The predicted molar refractivity (Wildman–Crippen MR) is 80.1 cm³/mol. The summed E-state index contributed by atoms with van der Waals surface area (Å²) in [6.45, 7) is 5.40. The first-order valence-corrected chi connectivity index (χ1v) is 7.47. The van der Waals surface area contributed by atoms with Crippen LogP contribution in [0.2, 0.25) is 0 Å². The van der Waals surface area contributed by atoms with Crippen LogP contribution in [0.15, 0.2) is 0 Å². The standard InChI is InChI=1S/C15H30N4/c1-15(13-16,17-14-7-8-14)9-5-11-19(4)12-6-10-18(2)3/h14,17H,5-12H2,1-4H3. The summed E-state index contributed by atoms with van der Waals surface area (Å²) in [6, 6.07) is 3.04. The first-order valence-electron chi connectivity index (χ1n) is 7.47. The van der Waals surface area contributed by atoms with Crippen LogP contribution in [0.3, 0.4) is 0 Å². The predicted octanol–water partition coefficient (Wildman–Crippen LogP) is 1.68. The van der Waals surface area contributed by atoms with Crippen molar-refractivity contribution in [3.8, 4) is 6.07 Å². The van der Waals surface area contributed by atoms with Crippen molar-refractivity contribution in [1.82, 2.24) is 15.1 Å². The average molecular weight is 266 g/mol. The van der Waals surface area contributed by atoms with Gasteiger partial charge in [-0.05, 0) is 79.8 Å². The van der Waals surface area contributed by atoms with E-state index in [1.54, 1.807) is 0 Å². The molecule has 0 aliphatic heterocycles. The van der Waals surface area contributed by atoms with Crippen LogP contribution in [-0.4, -0.2) is 62.2 Å². The minimum absolute atomic E-state index is 0.328. The van der Waals surface area contributed by atoms with Gasteiger partial charge in [-0.1, -0.05) is 0 Å². The topological polar surface area (TPSA) is 42.3 Å². The van der Waals surface area contributed by atoms with Crippen LogP contribution < -0.4 is 5.32 Å². The number of nitrogens with one attached hydrogen (secondary N) is 1. The van der Waals surface area contributed by atoms with Crippen LogP contribution in [0, 0.1) is 11.3 Å². The highest BCUT2D eigenvalue weighted by Gasteiger charge is 2.31. The van der Waals surface area contributed by atoms with E-state index in [1.807, 2.05) is 6.92 Å². The highest BCUT2D eigenvalue weighted by molar-refractivity contribution is 5.06. The molecule has 0 amide bonds. The Hall–Kier alpha value is -0.630. The van der Waals surface area contributed by atoms with Crippen LogP contribution in [0.1, 0.15) is 39.0 Å².